The first-order valence-corrected chi connectivity index (χ1v) is 7.18. The van der Waals surface area contributed by atoms with Crippen LogP contribution in [0.3, 0.4) is 0 Å². The maximum Gasteiger partial charge on any atom is 0.262 e. The number of carbonyl (C=O) groups excluding carboxylic acids is 1. The number of ether oxygens (including phenoxy) is 3. The highest BCUT2D eigenvalue weighted by Gasteiger charge is 2.22. The minimum absolute atomic E-state index is 0.184. The van der Waals surface area contributed by atoms with E-state index in [0.717, 1.165) is 5.69 Å². The fourth-order valence-electron chi connectivity index (χ4n) is 2.31. The van der Waals surface area contributed by atoms with E-state index in [-0.39, 0.29) is 5.91 Å². The Morgan fingerprint density at radius 3 is 2.09 bits per heavy atom. The summed E-state index contributed by atoms with van der Waals surface area (Å²) in [5.74, 6) is 1.23. The molecule has 0 N–H and O–H groups in total. The fraction of sp³-hybridized carbons (Fsp3) is 0.294. The molecular weight excluding hydrogens is 296 g/mol. The number of carbonyl (C=O) groups is 1. The van der Waals surface area contributed by atoms with E-state index in [2.05, 4.69) is 4.98 Å². The number of methoxy groups -OCH3 is 3. The number of anilines is 1. The van der Waals surface area contributed by atoms with Crippen molar-refractivity contribution in [2.75, 3.05) is 32.8 Å². The van der Waals surface area contributed by atoms with Gasteiger partial charge >= 0.3 is 0 Å². The number of hydrogen-bond acceptors (Lipinski definition) is 5. The smallest absolute Gasteiger partial charge is 0.262 e. The van der Waals surface area contributed by atoms with Crippen molar-refractivity contribution in [3.05, 3.63) is 42.2 Å². The topological polar surface area (TPSA) is 60.9 Å². The lowest BCUT2D eigenvalue weighted by molar-refractivity contribution is 0.0985. The lowest BCUT2D eigenvalue weighted by Gasteiger charge is -2.22. The Bertz CT molecular complexity index is 674. The van der Waals surface area contributed by atoms with Gasteiger partial charge in [-0.2, -0.15) is 0 Å². The Morgan fingerprint density at radius 2 is 1.57 bits per heavy atom. The maximum atomic E-state index is 13.0. The van der Waals surface area contributed by atoms with Gasteiger partial charge in [0.15, 0.2) is 11.5 Å². The normalized spacial score (nSPS) is 10.1. The highest BCUT2D eigenvalue weighted by atomic mass is 16.5. The molecule has 1 heterocycles. The van der Waals surface area contributed by atoms with E-state index in [4.69, 9.17) is 14.2 Å². The molecule has 122 valence electrons. The molecule has 0 unspecified atom stereocenters. The summed E-state index contributed by atoms with van der Waals surface area (Å²) in [7, 11) is 4.58. The second-order valence-corrected chi connectivity index (χ2v) is 4.66. The van der Waals surface area contributed by atoms with Crippen molar-refractivity contribution in [3.63, 3.8) is 0 Å². The van der Waals surface area contributed by atoms with Gasteiger partial charge in [0.25, 0.3) is 5.91 Å². The van der Waals surface area contributed by atoms with Crippen molar-refractivity contribution in [1.29, 1.82) is 0 Å². The standard InChI is InChI=1S/C17H20N2O4/c1-5-19(12-6-8-18-9-7-12)17(20)13-10-15(22-3)16(23-4)11-14(13)21-2/h6-11H,5H2,1-4H3. The maximum absolute atomic E-state index is 13.0. The summed E-state index contributed by atoms with van der Waals surface area (Å²) < 4.78 is 15.9. The second-order valence-electron chi connectivity index (χ2n) is 4.66. The van der Waals surface area contributed by atoms with Crippen LogP contribution in [0, 0.1) is 0 Å². The summed E-state index contributed by atoms with van der Waals surface area (Å²) in [4.78, 5) is 18.6. The summed E-state index contributed by atoms with van der Waals surface area (Å²) in [5, 5.41) is 0. The molecule has 0 atom stereocenters. The summed E-state index contributed by atoms with van der Waals surface area (Å²) in [6.45, 7) is 2.42. The van der Waals surface area contributed by atoms with Gasteiger partial charge in [0, 0.05) is 36.8 Å². The Balaban J connectivity index is 2.48. The van der Waals surface area contributed by atoms with Crippen LogP contribution in [0.1, 0.15) is 17.3 Å². The molecule has 1 amide bonds. The number of rotatable bonds is 6. The van der Waals surface area contributed by atoms with Gasteiger partial charge in [-0.1, -0.05) is 0 Å². The van der Waals surface area contributed by atoms with E-state index in [1.165, 1.54) is 21.3 Å². The van der Waals surface area contributed by atoms with Crippen molar-refractivity contribution in [1.82, 2.24) is 4.98 Å². The molecule has 0 aliphatic carbocycles. The first-order chi connectivity index (χ1) is 11.2. The zero-order chi connectivity index (χ0) is 16.8. The van der Waals surface area contributed by atoms with Gasteiger partial charge in [-0.3, -0.25) is 9.78 Å². The molecule has 0 spiro atoms. The summed E-state index contributed by atoms with van der Waals surface area (Å²) in [6, 6.07) is 6.85. The number of hydrogen-bond donors (Lipinski definition) is 0. The Hall–Kier alpha value is -2.76. The predicted molar refractivity (Wildman–Crippen MR) is 87.7 cm³/mol. The highest BCUT2D eigenvalue weighted by Crippen LogP contribution is 2.35. The van der Waals surface area contributed by atoms with Gasteiger partial charge in [-0.05, 0) is 19.1 Å². The van der Waals surface area contributed by atoms with Gasteiger partial charge < -0.3 is 19.1 Å². The molecule has 0 radical (unpaired) electrons. The quantitative estimate of drug-likeness (QED) is 0.820. The average Bonchev–Trinajstić information content (AvgIpc) is 2.61. The monoisotopic (exact) mass is 316 g/mol. The fourth-order valence-corrected chi connectivity index (χ4v) is 2.31. The molecule has 0 saturated carbocycles. The van der Waals surface area contributed by atoms with Crippen LogP contribution in [0.5, 0.6) is 17.2 Å². The van der Waals surface area contributed by atoms with Gasteiger partial charge in [-0.15, -0.1) is 0 Å². The predicted octanol–water partition coefficient (Wildman–Crippen LogP) is 2.77. The van der Waals surface area contributed by atoms with Crippen LogP contribution >= 0.6 is 0 Å². The molecule has 1 aromatic heterocycles. The molecule has 6 heteroatoms. The van der Waals surface area contributed by atoms with Crippen LogP contribution < -0.4 is 19.1 Å². The Kier molecular flexibility index (Phi) is 5.41. The first-order valence-electron chi connectivity index (χ1n) is 7.18. The molecule has 0 fully saturated rings. The second kappa shape index (κ2) is 7.49. The molecule has 0 aliphatic heterocycles. The Labute approximate surface area is 135 Å². The average molecular weight is 316 g/mol. The molecule has 0 saturated heterocycles. The van der Waals surface area contributed by atoms with E-state index in [0.29, 0.717) is 29.4 Å². The van der Waals surface area contributed by atoms with Gasteiger partial charge in [0.2, 0.25) is 0 Å². The van der Waals surface area contributed by atoms with Gasteiger partial charge in [-0.25, -0.2) is 0 Å². The van der Waals surface area contributed by atoms with Crippen LogP contribution in [0.15, 0.2) is 36.7 Å². The zero-order valence-corrected chi connectivity index (χ0v) is 13.7. The molecule has 23 heavy (non-hydrogen) atoms. The third-order valence-electron chi connectivity index (χ3n) is 3.47. The number of benzene rings is 1. The number of amides is 1. The SMILES string of the molecule is CCN(C(=O)c1cc(OC)c(OC)cc1OC)c1ccncc1. The summed E-state index contributed by atoms with van der Waals surface area (Å²) in [5.41, 5.74) is 1.17. The summed E-state index contributed by atoms with van der Waals surface area (Å²) in [6.07, 6.45) is 3.30. The van der Waals surface area contributed by atoms with Crippen LogP contribution in [0.4, 0.5) is 5.69 Å². The van der Waals surface area contributed by atoms with E-state index in [1.807, 2.05) is 6.92 Å². The van der Waals surface area contributed by atoms with E-state index in [1.54, 1.807) is 41.6 Å². The zero-order valence-electron chi connectivity index (χ0n) is 13.7. The van der Waals surface area contributed by atoms with Gasteiger partial charge in [0.05, 0.1) is 26.9 Å². The summed E-state index contributed by atoms with van der Waals surface area (Å²) >= 11 is 0. The first kappa shape index (κ1) is 16.6. The van der Waals surface area contributed by atoms with E-state index in [9.17, 15) is 4.79 Å². The van der Waals surface area contributed by atoms with Gasteiger partial charge in [0.1, 0.15) is 5.75 Å². The van der Waals surface area contributed by atoms with Crippen LogP contribution in [0.2, 0.25) is 0 Å². The van der Waals surface area contributed by atoms with E-state index >= 15 is 0 Å². The van der Waals surface area contributed by atoms with Crippen LogP contribution in [-0.4, -0.2) is 38.8 Å². The lowest BCUT2D eigenvalue weighted by atomic mass is 10.1. The van der Waals surface area contributed by atoms with Crippen molar-refractivity contribution in [2.45, 2.75) is 6.92 Å². The van der Waals surface area contributed by atoms with Crippen LogP contribution in [-0.2, 0) is 0 Å². The molecule has 0 bridgehead atoms. The third-order valence-corrected chi connectivity index (χ3v) is 3.47. The van der Waals surface area contributed by atoms with E-state index < -0.39 is 0 Å². The lowest BCUT2D eigenvalue weighted by Crippen LogP contribution is -2.31. The minimum Gasteiger partial charge on any atom is -0.496 e. The minimum atomic E-state index is -0.184. The molecule has 0 aliphatic rings. The molecular formula is C17H20N2O4. The van der Waals surface area contributed by atoms with Crippen molar-refractivity contribution in [3.8, 4) is 17.2 Å². The molecule has 2 rings (SSSR count). The highest BCUT2D eigenvalue weighted by molar-refractivity contribution is 6.08. The molecule has 2 aromatic rings. The number of nitrogens with zero attached hydrogens (tertiary/aromatic N) is 2. The van der Waals surface area contributed by atoms with Crippen molar-refractivity contribution in [2.24, 2.45) is 0 Å². The Morgan fingerprint density at radius 1 is 1.00 bits per heavy atom. The van der Waals surface area contributed by atoms with Crippen molar-refractivity contribution < 1.29 is 19.0 Å². The van der Waals surface area contributed by atoms with Crippen molar-refractivity contribution >= 4 is 11.6 Å². The largest absolute Gasteiger partial charge is 0.496 e. The molecule has 1 aromatic carbocycles. The number of aromatic nitrogens is 1. The molecule has 6 nitrogen and oxygen atoms in total. The third kappa shape index (κ3) is 3.36. The van der Waals surface area contributed by atoms with Crippen LogP contribution in [0.25, 0.3) is 0 Å². The number of pyridine rings is 1.